The van der Waals surface area contributed by atoms with Gasteiger partial charge in [0.25, 0.3) is 0 Å². The van der Waals surface area contributed by atoms with Gasteiger partial charge in [0.15, 0.2) is 0 Å². The highest BCUT2D eigenvalue weighted by Crippen LogP contribution is 2.42. The Morgan fingerprint density at radius 3 is 2.28 bits per heavy atom. The number of hydrogen-bond acceptors (Lipinski definition) is 4. The second-order valence-corrected chi connectivity index (χ2v) is 6.95. The van der Waals surface area contributed by atoms with Gasteiger partial charge in [0.1, 0.15) is 5.75 Å². The van der Waals surface area contributed by atoms with Crippen molar-refractivity contribution in [1.82, 2.24) is 0 Å². The third-order valence-corrected chi connectivity index (χ3v) is 4.51. The molecule has 1 aliphatic heterocycles. The van der Waals surface area contributed by atoms with Crippen LogP contribution in [-0.4, -0.2) is 35.8 Å². The van der Waals surface area contributed by atoms with Gasteiger partial charge in [0, 0.05) is 5.82 Å². The molecule has 138 valence electrons. The van der Waals surface area contributed by atoms with Crippen LogP contribution < -0.4 is 4.74 Å². The molecule has 1 saturated heterocycles. The summed E-state index contributed by atoms with van der Waals surface area (Å²) in [6.45, 7) is 7.25. The number of halogens is 3. The van der Waals surface area contributed by atoms with Crippen LogP contribution in [0.3, 0.4) is 0 Å². The van der Waals surface area contributed by atoms with Crippen molar-refractivity contribution in [2.45, 2.75) is 57.5 Å². The standard InChI is InChI=1S/C16H20BF3O5/c1-14(2)15(3,4)25-17(24-14)12(9-13(21)22)10-6-5-7-11(8-10)23-16(18,19)20/h5-8,12H,9H2,1-4H3,(H,21,22). The Kier molecular flexibility index (Phi) is 5.12. The second kappa shape index (κ2) is 6.53. The summed E-state index contributed by atoms with van der Waals surface area (Å²) in [5.74, 6) is -2.31. The van der Waals surface area contributed by atoms with Gasteiger partial charge in [-0.15, -0.1) is 13.2 Å². The highest BCUT2D eigenvalue weighted by molar-refractivity contribution is 6.48. The van der Waals surface area contributed by atoms with Crippen molar-refractivity contribution in [2.75, 3.05) is 0 Å². The number of rotatable bonds is 5. The Bertz CT molecular complexity index is 629. The van der Waals surface area contributed by atoms with E-state index in [1.807, 2.05) is 27.7 Å². The molecule has 5 nitrogen and oxygen atoms in total. The lowest BCUT2D eigenvalue weighted by atomic mass is 9.66. The third-order valence-electron chi connectivity index (χ3n) is 4.51. The quantitative estimate of drug-likeness (QED) is 0.810. The van der Waals surface area contributed by atoms with Crippen LogP contribution in [0, 0.1) is 0 Å². The average molecular weight is 360 g/mol. The van der Waals surface area contributed by atoms with E-state index in [0.717, 1.165) is 12.1 Å². The summed E-state index contributed by atoms with van der Waals surface area (Å²) in [4.78, 5) is 11.3. The summed E-state index contributed by atoms with van der Waals surface area (Å²) in [5, 5.41) is 9.20. The van der Waals surface area contributed by atoms with Gasteiger partial charge < -0.3 is 19.2 Å². The van der Waals surface area contributed by atoms with E-state index in [4.69, 9.17) is 9.31 Å². The van der Waals surface area contributed by atoms with Gasteiger partial charge in [-0.25, -0.2) is 0 Å². The summed E-state index contributed by atoms with van der Waals surface area (Å²) < 4.78 is 52.9. The zero-order valence-corrected chi connectivity index (χ0v) is 14.4. The number of aliphatic carboxylic acids is 1. The lowest BCUT2D eigenvalue weighted by Crippen LogP contribution is -2.41. The van der Waals surface area contributed by atoms with Crippen LogP contribution >= 0.6 is 0 Å². The van der Waals surface area contributed by atoms with Gasteiger partial charge >= 0.3 is 19.5 Å². The normalized spacial score (nSPS) is 20.4. The van der Waals surface area contributed by atoms with E-state index in [2.05, 4.69) is 4.74 Å². The molecule has 9 heteroatoms. The molecule has 1 N–H and O–H groups in total. The van der Waals surface area contributed by atoms with Crippen LogP contribution in [0.5, 0.6) is 5.75 Å². The molecule has 25 heavy (non-hydrogen) atoms. The molecule has 0 aromatic heterocycles. The molecular weight excluding hydrogens is 340 g/mol. The summed E-state index contributed by atoms with van der Waals surface area (Å²) in [5.41, 5.74) is -1.04. The van der Waals surface area contributed by atoms with Crippen molar-refractivity contribution < 1.29 is 37.1 Å². The van der Waals surface area contributed by atoms with Crippen molar-refractivity contribution in [1.29, 1.82) is 0 Å². The first-order valence-electron chi connectivity index (χ1n) is 7.74. The molecule has 0 bridgehead atoms. The van der Waals surface area contributed by atoms with Gasteiger partial charge in [-0.1, -0.05) is 12.1 Å². The van der Waals surface area contributed by atoms with Gasteiger partial charge in [-0.2, -0.15) is 0 Å². The lowest BCUT2D eigenvalue weighted by Gasteiger charge is -2.32. The first-order valence-corrected chi connectivity index (χ1v) is 7.74. The number of carboxylic acids is 1. The molecule has 1 fully saturated rings. The molecule has 0 spiro atoms. The van der Waals surface area contributed by atoms with E-state index in [0.29, 0.717) is 5.56 Å². The van der Waals surface area contributed by atoms with Crippen LogP contribution in [0.4, 0.5) is 13.2 Å². The van der Waals surface area contributed by atoms with Crippen molar-refractivity contribution in [2.24, 2.45) is 0 Å². The molecule has 1 heterocycles. The molecule has 1 atom stereocenters. The van der Waals surface area contributed by atoms with Crippen LogP contribution in [0.2, 0.25) is 0 Å². The molecule has 1 aromatic rings. The Morgan fingerprint density at radius 1 is 1.24 bits per heavy atom. The fourth-order valence-corrected chi connectivity index (χ4v) is 2.55. The number of carboxylic acid groups (broad SMARTS) is 1. The minimum atomic E-state index is -4.83. The molecule has 2 rings (SSSR count). The molecule has 0 aliphatic carbocycles. The minimum absolute atomic E-state index is 0.336. The predicted octanol–water partition coefficient (Wildman–Crippen LogP) is 3.77. The number of hydrogen-bond donors (Lipinski definition) is 1. The molecule has 0 radical (unpaired) electrons. The molecule has 0 saturated carbocycles. The van der Waals surface area contributed by atoms with Crippen molar-refractivity contribution in [3.63, 3.8) is 0 Å². The zero-order valence-electron chi connectivity index (χ0n) is 14.4. The average Bonchev–Trinajstić information content (AvgIpc) is 2.62. The zero-order chi connectivity index (χ0) is 19.0. The monoisotopic (exact) mass is 360 g/mol. The summed E-state index contributed by atoms with van der Waals surface area (Å²) in [6.07, 6.45) is -5.18. The number of benzene rings is 1. The largest absolute Gasteiger partial charge is 0.573 e. The van der Waals surface area contributed by atoms with Crippen molar-refractivity contribution in [3.8, 4) is 5.75 Å². The molecule has 1 unspecified atom stereocenters. The third kappa shape index (κ3) is 4.67. The van der Waals surface area contributed by atoms with Gasteiger partial charge in [0.05, 0.1) is 17.6 Å². The number of alkyl halides is 3. The first kappa shape index (κ1) is 19.6. The van der Waals surface area contributed by atoms with Gasteiger partial charge in [0.2, 0.25) is 0 Å². The van der Waals surface area contributed by atoms with E-state index in [9.17, 15) is 23.1 Å². The van der Waals surface area contributed by atoms with Crippen LogP contribution in [0.15, 0.2) is 24.3 Å². The van der Waals surface area contributed by atoms with Crippen LogP contribution in [0.1, 0.15) is 45.5 Å². The second-order valence-electron chi connectivity index (χ2n) is 6.95. The smallest absolute Gasteiger partial charge is 0.481 e. The van der Waals surface area contributed by atoms with Gasteiger partial charge in [-0.3, -0.25) is 4.79 Å². The molecule has 0 amide bonds. The van der Waals surface area contributed by atoms with E-state index < -0.39 is 42.2 Å². The SMILES string of the molecule is CC1(C)OB(C(CC(=O)O)c2cccc(OC(F)(F)F)c2)OC1(C)C. The van der Waals surface area contributed by atoms with E-state index in [1.54, 1.807) is 0 Å². The van der Waals surface area contributed by atoms with Crippen molar-refractivity contribution in [3.05, 3.63) is 29.8 Å². The highest BCUT2D eigenvalue weighted by atomic mass is 19.4. The number of carbonyl (C=O) groups is 1. The van der Waals surface area contributed by atoms with E-state index >= 15 is 0 Å². The Hall–Kier alpha value is -1.74. The maximum Gasteiger partial charge on any atom is 0.573 e. The van der Waals surface area contributed by atoms with Gasteiger partial charge in [-0.05, 0) is 45.4 Å². The fourth-order valence-electron chi connectivity index (χ4n) is 2.55. The Morgan fingerprint density at radius 2 is 1.80 bits per heavy atom. The lowest BCUT2D eigenvalue weighted by molar-refractivity contribution is -0.274. The van der Waals surface area contributed by atoms with Crippen molar-refractivity contribution >= 4 is 13.1 Å². The molecule has 1 aromatic carbocycles. The Balaban J connectivity index is 2.33. The topological polar surface area (TPSA) is 65.0 Å². The summed E-state index contributed by atoms with van der Waals surface area (Å²) in [6, 6.07) is 5.21. The predicted molar refractivity (Wildman–Crippen MR) is 84.2 cm³/mol. The number of ether oxygens (including phenoxy) is 1. The summed E-state index contributed by atoms with van der Waals surface area (Å²) in [7, 11) is -0.901. The molecular formula is C16H20BF3O5. The van der Waals surface area contributed by atoms with Crippen LogP contribution in [-0.2, 0) is 14.1 Å². The maximum absolute atomic E-state index is 12.4. The maximum atomic E-state index is 12.4. The Labute approximate surface area is 144 Å². The highest BCUT2D eigenvalue weighted by Gasteiger charge is 2.54. The first-order chi connectivity index (χ1) is 11.3. The van der Waals surface area contributed by atoms with E-state index in [-0.39, 0.29) is 6.42 Å². The summed E-state index contributed by atoms with van der Waals surface area (Å²) >= 11 is 0. The van der Waals surface area contributed by atoms with E-state index in [1.165, 1.54) is 12.1 Å². The molecule has 1 aliphatic rings. The minimum Gasteiger partial charge on any atom is -0.481 e. The fraction of sp³-hybridized carbons (Fsp3) is 0.562. The van der Waals surface area contributed by atoms with Crippen LogP contribution in [0.25, 0.3) is 0 Å².